The second kappa shape index (κ2) is 5.27. The molecule has 0 saturated heterocycles. The van der Waals surface area contributed by atoms with Crippen LogP contribution < -0.4 is 19.5 Å². The van der Waals surface area contributed by atoms with Crippen molar-refractivity contribution in [1.29, 1.82) is 0 Å². The second-order valence-electron chi connectivity index (χ2n) is 4.17. The standard InChI is InChI=1S/C13H19NO3/c1-15-10-6-12(16-2)11(13(7-10)17-3)8-14-9-4-5-9/h6-7,9,14H,4-5,8H2,1-3H3. The topological polar surface area (TPSA) is 39.7 Å². The van der Waals surface area contributed by atoms with Gasteiger partial charge in [-0.2, -0.15) is 0 Å². The lowest BCUT2D eigenvalue weighted by Crippen LogP contribution is -2.16. The molecule has 4 heteroatoms. The van der Waals surface area contributed by atoms with Crippen molar-refractivity contribution >= 4 is 0 Å². The molecule has 17 heavy (non-hydrogen) atoms. The summed E-state index contributed by atoms with van der Waals surface area (Å²) in [5.74, 6) is 2.34. The fourth-order valence-corrected chi connectivity index (χ4v) is 1.79. The molecule has 0 unspecified atom stereocenters. The zero-order valence-corrected chi connectivity index (χ0v) is 10.6. The highest BCUT2D eigenvalue weighted by atomic mass is 16.5. The first-order valence-electron chi connectivity index (χ1n) is 5.80. The van der Waals surface area contributed by atoms with Gasteiger partial charge < -0.3 is 19.5 Å². The molecule has 2 rings (SSSR count). The van der Waals surface area contributed by atoms with Crippen LogP contribution >= 0.6 is 0 Å². The van der Waals surface area contributed by atoms with E-state index in [1.807, 2.05) is 12.1 Å². The molecule has 4 nitrogen and oxygen atoms in total. The molecule has 1 aliphatic rings. The number of methoxy groups -OCH3 is 3. The number of hydrogen-bond donors (Lipinski definition) is 1. The Morgan fingerprint density at radius 1 is 1.06 bits per heavy atom. The molecule has 94 valence electrons. The Kier molecular flexibility index (Phi) is 3.74. The van der Waals surface area contributed by atoms with Gasteiger partial charge in [0.15, 0.2) is 0 Å². The van der Waals surface area contributed by atoms with Gasteiger partial charge in [-0.15, -0.1) is 0 Å². The number of benzene rings is 1. The van der Waals surface area contributed by atoms with Crippen molar-refractivity contribution in [3.8, 4) is 17.2 Å². The first-order chi connectivity index (χ1) is 8.28. The van der Waals surface area contributed by atoms with Crippen molar-refractivity contribution in [2.45, 2.75) is 25.4 Å². The van der Waals surface area contributed by atoms with Crippen molar-refractivity contribution in [2.75, 3.05) is 21.3 Å². The lowest BCUT2D eigenvalue weighted by atomic mass is 10.1. The van der Waals surface area contributed by atoms with Gasteiger partial charge >= 0.3 is 0 Å². The maximum absolute atomic E-state index is 5.38. The second-order valence-corrected chi connectivity index (χ2v) is 4.17. The highest BCUT2D eigenvalue weighted by Crippen LogP contribution is 2.34. The molecular formula is C13H19NO3. The number of nitrogens with one attached hydrogen (secondary N) is 1. The Labute approximate surface area is 102 Å². The lowest BCUT2D eigenvalue weighted by Gasteiger charge is -2.15. The van der Waals surface area contributed by atoms with E-state index < -0.39 is 0 Å². The summed E-state index contributed by atoms with van der Waals surface area (Å²) in [5, 5.41) is 3.46. The molecule has 1 aromatic rings. The molecule has 0 aromatic heterocycles. The maximum Gasteiger partial charge on any atom is 0.130 e. The summed E-state index contributed by atoms with van der Waals surface area (Å²) in [4.78, 5) is 0. The minimum absolute atomic E-state index is 0.659. The Balaban J connectivity index is 2.24. The average Bonchev–Trinajstić information content (AvgIpc) is 3.19. The van der Waals surface area contributed by atoms with Gasteiger partial charge in [-0.1, -0.05) is 0 Å². The summed E-state index contributed by atoms with van der Waals surface area (Å²) < 4.78 is 16.0. The predicted octanol–water partition coefficient (Wildman–Crippen LogP) is 1.96. The minimum Gasteiger partial charge on any atom is -0.496 e. The maximum atomic E-state index is 5.38. The van der Waals surface area contributed by atoms with Crippen LogP contribution in [0, 0.1) is 0 Å². The zero-order valence-electron chi connectivity index (χ0n) is 10.6. The fraction of sp³-hybridized carbons (Fsp3) is 0.538. The number of hydrogen-bond acceptors (Lipinski definition) is 4. The molecule has 0 spiro atoms. The van der Waals surface area contributed by atoms with Gasteiger partial charge in [0, 0.05) is 24.7 Å². The molecule has 1 aliphatic carbocycles. The summed E-state index contributed by atoms with van der Waals surface area (Å²) in [6, 6.07) is 4.42. The molecule has 1 fully saturated rings. The molecule has 0 amide bonds. The lowest BCUT2D eigenvalue weighted by molar-refractivity contribution is 0.366. The third kappa shape index (κ3) is 2.82. The highest BCUT2D eigenvalue weighted by Gasteiger charge is 2.22. The molecule has 0 aliphatic heterocycles. The van der Waals surface area contributed by atoms with Crippen LogP contribution in [0.4, 0.5) is 0 Å². The van der Waals surface area contributed by atoms with Crippen LogP contribution in [0.1, 0.15) is 18.4 Å². The zero-order chi connectivity index (χ0) is 12.3. The van der Waals surface area contributed by atoms with Gasteiger partial charge in [0.1, 0.15) is 17.2 Å². The largest absolute Gasteiger partial charge is 0.496 e. The quantitative estimate of drug-likeness (QED) is 0.821. The Morgan fingerprint density at radius 3 is 2.06 bits per heavy atom. The molecule has 1 saturated carbocycles. The van der Waals surface area contributed by atoms with Crippen LogP contribution in [0.15, 0.2) is 12.1 Å². The normalized spacial score (nSPS) is 14.5. The van der Waals surface area contributed by atoms with Crippen molar-refractivity contribution in [3.63, 3.8) is 0 Å². The van der Waals surface area contributed by atoms with E-state index in [-0.39, 0.29) is 0 Å². The predicted molar refractivity (Wildman–Crippen MR) is 66.0 cm³/mol. The van der Waals surface area contributed by atoms with E-state index in [0.29, 0.717) is 6.04 Å². The van der Waals surface area contributed by atoms with Crippen LogP contribution in [-0.2, 0) is 6.54 Å². The van der Waals surface area contributed by atoms with Crippen molar-refractivity contribution in [3.05, 3.63) is 17.7 Å². The Hall–Kier alpha value is -1.42. The van der Waals surface area contributed by atoms with Crippen LogP contribution in [0.2, 0.25) is 0 Å². The molecule has 0 bridgehead atoms. The summed E-state index contributed by atoms with van der Waals surface area (Å²) in [6.45, 7) is 0.765. The third-order valence-corrected chi connectivity index (χ3v) is 2.96. The molecule has 0 radical (unpaired) electrons. The summed E-state index contributed by atoms with van der Waals surface area (Å²) in [6.07, 6.45) is 2.53. The smallest absolute Gasteiger partial charge is 0.130 e. The highest BCUT2D eigenvalue weighted by molar-refractivity contribution is 5.50. The van der Waals surface area contributed by atoms with E-state index in [4.69, 9.17) is 14.2 Å². The Bertz CT molecular complexity index is 363. The van der Waals surface area contributed by atoms with Crippen molar-refractivity contribution < 1.29 is 14.2 Å². The van der Waals surface area contributed by atoms with E-state index in [9.17, 15) is 0 Å². The van der Waals surface area contributed by atoms with Crippen molar-refractivity contribution in [1.82, 2.24) is 5.32 Å². The fourth-order valence-electron chi connectivity index (χ4n) is 1.79. The first-order valence-corrected chi connectivity index (χ1v) is 5.80. The first kappa shape index (κ1) is 12.0. The number of rotatable bonds is 6. The molecular weight excluding hydrogens is 218 g/mol. The van der Waals surface area contributed by atoms with Gasteiger partial charge in [0.25, 0.3) is 0 Å². The molecule has 1 N–H and O–H groups in total. The summed E-state index contributed by atoms with van der Waals surface area (Å²) in [7, 11) is 4.96. The van der Waals surface area contributed by atoms with E-state index >= 15 is 0 Å². The van der Waals surface area contributed by atoms with Crippen LogP contribution in [0.5, 0.6) is 17.2 Å². The Morgan fingerprint density at radius 2 is 1.65 bits per heavy atom. The van der Waals surface area contributed by atoms with E-state index in [0.717, 1.165) is 29.4 Å². The van der Waals surface area contributed by atoms with E-state index in [2.05, 4.69) is 5.32 Å². The van der Waals surface area contributed by atoms with Gasteiger partial charge in [-0.25, -0.2) is 0 Å². The number of ether oxygens (including phenoxy) is 3. The summed E-state index contributed by atoms with van der Waals surface area (Å²) in [5.41, 5.74) is 1.04. The van der Waals surface area contributed by atoms with Crippen LogP contribution in [0.25, 0.3) is 0 Å². The van der Waals surface area contributed by atoms with Crippen LogP contribution in [-0.4, -0.2) is 27.4 Å². The SMILES string of the molecule is COc1cc(OC)c(CNC2CC2)c(OC)c1. The molecule has 1 aromatic carbocycles. The minimum atomic E-state index is 0.659. The average molecular weight is 237 g/mol. The van der Waals surface area contributed by atoms with E-state index in [1.165, 1.54) is 12.8 Å². The summed E-state index contributed by atoms with van der Waals surface area (Å²) >= 11 is 0. The monoisotopic (exact) mass is 237 g/mol. The molecule has 0 heterocycles. The molecule has 0 atom stereocenters. The van der Waals surface area contributed by atoms with Crippen molar-refractivity contribution in [2.24, 2.45) is 0 Å². The van der Waals surface area contributed by atoms with Crippen LogP contribution in [0.3, 0.4) is 0 Å². The van der Waals surface area contributed by atoms with Gasteiger partial charge in [0.2, 0.25) is 0 Å². The van der Waals surface area contributed by atoms with Gasteiger partial charge in [-0.3, -0.25) is 0 Å². The van der Waals surface area contributed by atoms with Gasteiger partial charge in [0.05, 0.1) is 26.9 Å². The third-order valence-electron chi connectivity index (χ3n) is 2.96. The van der Waals surface area contributed by atoms with Gasteiger partial charge in [-0.05, 0) is 12.8 Å². The van der Waals surface area contributed by atoms with E-state index in [1.54, 1.807) is 21.3 Å².